The number of nitrogens with zero attached hydrogens (tertiary/aromatic N) is 5. The van der Waals surface area contributed by atoms with Crippen LogP contribution in [0.5, 0.6) is 6.01 Å². The maximum absolute atomic E-state index is 13.6. The molecule has 13 heteroatoms. The summed E-state index contributed by atoms with van der Waals surface area (Å²) in [6.45, 7) is 5.47. The number of primary amides is 1. The summed E-state index contributed by atoms with van der Waals surface area (Å²) in [4.78, 5) is 27.1. The predicted molar refractivity (Wildman–Crippen MR) is 138 cm³/mol. The van der Waals surface area contributed by atoms with Gasteiger partial charge in [0.25, 0.3) is 0 Å². The molecule has 0 aliphatic carbocycles. The Morgan fingerprint density at radius 3 is 2.80 bits per heavy atom. The van der Waals surface area contributed by atoms with Gasteiger partial charge < -0.3 is 24.8 Å². The lowest BCUT2D eigenvalue weighted by atomic mass is 10.00. The molecule has 40 heavy (non-hydrogen) atoms. The minimum Gasteiger partial charge on any atom is -0.461 e. The molecular weight excluding hydrogens is 529 g/mol. The van der Waals surface area contributed by atoms with E-state index in [-0.39, 0.29) is 24.8 Å². The van der Waals surface area contributed by atoms with Crippen LogP contribution < -0.4 is 15.4 Å². The van der Waals surface area contributed by atoms with Crippen molar-refractivity contribution in [3.63, 3.8) is 0 Å². The van der Waals surface area contributed by atoms with Crippen molar-refractivity contribution < 1.29 is 32.2 Å². The molecule has 2 unspecified atom stereocenters. The van der Waals surface area contributed by atoms with Gasteiger partial charge in [-0.25, -0.2) is 9.78 Å². The van der Waals surface area contributed by atoms with E-state index >= 15 is 0 Å². The molecule has 1 aromatic carbocycles. The van der Waals surface area contributed by atoms with Gasteiger partial charge in [0.05, 0.1) is 29.6 Å². The second-order valence-electron chi connectivity index (χ2n) is 10.6. The van der Waals surface area contributed by atoms with Crippen LogP contribution in [0.3, 0.4) is 0 Å². The zero-order valence-electron chi connectivity index (χ0n) is 22.0. The van der Waals surface area contributed by atoms with Gasteiger partial charge in [0.15, 0.2) is 12.0 Å². The van der Waals surface area contributed by atoms with Crippen LogP contribution in [-0.4, -0.2) is 76.2 Å². The van der Waals surface area contributed by atoms with E-state index < -0.39 is 29.7 Å². The molecule has 2 aromatic rings. The van der Waals surface area contributed by atoms with Crippen molar-refractivity contribution >= 4 is 17.5 Å². The molecule has 2 bridgehead atoms. The van der Waals surface area contributed by atoms with Gasteiger partial charge in [-0.2, -0.15) is 18.2 Å². The van der Waals surface area contributed by atoms with Crippen molar-refractivity contribution in [2.75, 3.05) is 31.2 Å². The highest BCUT2D eigenvalue weighted by molar-refractivity contribution is 5.85. The second-order valence-corrected chi connectivity index (χ2v) is 10.6. The van der Waals surface area contributed by atoms with Gasteiger partial charge in [-0.05, 0) is 56.2 Å². The zero-order valence-corrected chi connectivity index (χ0v) is 22.0. The number of allylic oxidation sites excluding steroid dienone is 2. The van der Waals surface area contributed by atoms with Crippen molar-refractivity contribution in [2.24, 2.45) is 5.73 Å². The van der Waals surface area contributed by atoms with Gasteiger partial charge >= 0.3 is 18.2 Å². The highest BCUT2D eigenvalue weighted by Crippen LogP contribution is 2.42. The summed E-state index contributed by atoms with van der Waals surface area (Å²) in [7, 11) is 0. The Balaban J connectivity index is 1.40. The number of fused-ring (bicyclic) bond motifs is 4. The summed E-state index contributed by atoms with van der Waals surface area (Å²) >= 11 is 0. The van der Waals surface area contributed by atoms with Crippen LogP contribution in [0.4, 0.5) is 23.8 Å². The number of urea groups is 1. The van der Waals surface area contributed by atoms with Crippen LogP contribution in [0.2, 0.25) is 0 Å². The molecule has 5 heterocycles. The summed E-state index contributed by atoms with van der Waals surface area (Å²) in [6.07, 6.45) is 0.244. The first-order valence-corrected chi connectivity index (χ1v) is 13.0. The van der Waals surface area contributed by atoms with E-state index in [1.807, 2.05) is 19.9 Å². The van der Waals surface area contributed by atoms with Gasteiger partial charge in [-0.3, -0.25) is 9.80 Å². The van der Waals surface area contributed by atoms with E-state index in [1.54, 1.807) is 28.0 Å². The third kappa shape index (κ3) is 4.83. The van der Waals surface area contributed by atoms with E-state index in [9.17, 15) is 18.0 Å². The molecule has 2 N–H and O–H groups in total. The smallest absolute Gasteiger partial charge is 0.416 e. The zero-order chi connectivity index (χ0) is 28.2. The number of alkyl halides is 3. The largest absolute Gasteiger partial charge is 0.461 e. The molecule has 4 aliphatic heterocycles. The maximum atomic E-state index is 13.6. The first kappa shape index (κ1) is 26.4. The van der Waals surface area contributed by atoms with E-state index in [0.29, 0.717) is 30.2 Å². The summed E-state index contributed by atoms with van der Waals surface area (Å²) in [5.41, 5.74) is 6.65. The van der Waals surface area contributed by atoms with Gasteiger partial charge in [-0.1, -0.05) is 12.1 Å². The highest BCUT2D eigenvalue weighted by atomic mass is 19.4. The number of anilines is 1. The number of halogens is 3. The molecule has 0 saturated carbocycles. The van der Waals surface area contributed by atoms with Crippen LogP contribution in [0.1, 0.15) is 31.4 Å². The van der Waals surface area contributed by atoms with Crippen molar-refractivity contribution in [1.82, 2.24) is 19.8 Å². The molecule has 0 spiro atoms. The molecule has 3 atom stereocenters. The molecule has 2 amide bonds. The SMILES string of the molecule is CC1(C)OC[C@H](COc2nccc(N3C(c4cccc(C(F)(F)F)c4)=CC=C4C3N(C(N)=O)C3CCN4C3)n2)O1. The first-order valence-electron chi connectivity index (χ1n) is 13.0. The first-order chi connectivity index (χ1) is 19.0. The van der Waals surface area contributed by atoms with E-state index in [0.717, 1.165) is 30.8 Å². The molecule has 1 aromatic heterocycles. The molecular formula is C27H29F3N6O4. The fraction of sp³-hybridized carbons (Fsp3) is 0.444. The minimum atomic E-state index is -4.53. The van der Waals surface area contributed by atoms with Gasteiger partial charge in [0, 0.05) is 19.3 Å². The molecule has 6 rings (SSSR count). The van der Waals surface area contributed by atoms with Gasteiger partial charge in [0.1, 0.15) is 18.5 Å². The average Bonchev–Trinajstić information content (AvgIpc) is 3.49. The fourth-order valence-corrected chi connectivity index (χ4v) is 5.72. The van der Waals surface area contributed by atoms with Crippen molar-refractivity contribution in [2.45, 2.75) is 50.5 Å². The highest BCUT2D eigenvalue weighted by Gasteiger charge is 2.48. The number of amides is 2. The molecule has 3 saturated heterocycles. The summed E-state index contributed by atoms with van der Waals surface area (Å²) in [6, 6.07) is 5.96. The van der Waals surface area contributed by atoms with Gasteiger partial charge in [0.2, 0.25) is 0 Å². The van der Waals surface area contributed by atoms with Crippen LogP contribution in [0, 0.1) is 0 Å². The number of carbonyl (C=O) groups excluding carboxylic acids is 1. The molecule has 212 valence electrons. The topological polar surface area (TPSA) is 106 Å². The third-order valence-electron chi connectivity index (χ3n) is 7.44. The standard InChI is InChI=1S/C27H29F3N6O4/c1-26(2)39-15-19(40-26)14-38-25-32-10-8-22(33-25)36-20(16-4-3-5-17(12-16)27(28,29)30)6-7-21-23(36)35(24(31)37)18-9-11-34(21)13-18/h3-8,10,12,18-19,23H,9,11,13-15H2,1-2H3,(H2,31,37)/t18?,19-,23?/m0/s1. The number of ether oxygens (including phenoxy) is 3. The van der Waals surface area contributed by atoms with Gasteiger partial charge in [-0.15, -0.1) is 0 Å². The average molecular weight is 559 g/mol. The number of nitrogens with two attached hydrogens (primary N) is 1. The van der Waals surface area contributed by atoms with Crippen LogP contribution in [0.15, 0.2) is 54.4 Å². The van der Waals surface area contributed by atoms with Crippen molar-refractivity contribution in [3.05, 3.63) is 65.5 Å². The van der Waals surface area contributed by atoms with Crippen LogP contribution in [0.25, 0.3) is 5.70 Å². The van der Waals surface area contributed by atoms with Crippen molar-refractivity contribution in [1.29, 1.82) is 0 Å². The Morgan fingerprint density at radius 2 is 2.08 bits per heavy atom. The fourth-order valence-electron chi connectivity index (χ4n) is 5.72. The number of benzene rings is 1. The van der Waals surface area contributed by atoms with E-state index in [4.69, 9.17) is 19.9 Å². The van der Waals surface area contributed by atoms with E-state index in [2.05, 4.69) is 14.9 Å². The summed E-state index contributed by atoms with van der Waals surface area (Å²) in [5, 5.41) is 0. The summed E-state index contributed by atoms with van der Waals surface area (Å²) in [5.74, 6) is -0.381. The lowest BCUT2D eigenvalue weighted by Crippen LogP contribution is -2.63. The van der Waals surface area contributed by atoms with Crippen LogP contribution in [-0.2, 0) is 15.7 Å². The normalized spacial score (nSPS) is 25.4. The molecule has 3 fully saturated rings. The minimum absolute atomic E-state index is 0.0509. The molecule has 10 nitrogen and oxygen atoms in total. The van der Waals surface area contributed by atoms with Crippen molar-refractivity contribution in [3.8, 4) is 6.01 Å². The number of piperazine rings is 1. The Labute approximate surface area is 228 Å². The Kier molecular flexibility index (Phi) is 6.37. The number of hydrogen-bond donors (Lipinski definition) is 1. The number of carbonyl (C=O) groups is 1. The van der Waals surface area contributed by atoms with Crippen LogP contribution >= 0.6 is 0 Å². The number of aromatic nitrogens is 2. The summed E-state index contributed by atoms with van der Waals surface area (Å²) < 4.78 is 58.1. The monoisotopic (exact) mass is 558 g/mol. The molecule has 0 radical (unpaired) electrons. The predicted octanol–water partition coefficient (Wildman–Crippen LogP) is 3.57. The Hall–Kier alpha value is -3.84. The molecule has 4 aliphatic rings. The quantitative estimate of drug-likeness (QED) is 0.594. The maximum Gasteiger partial charge on any atom is 0.416 e. The van der Waals surface area contributed by atoms with E-state index in [1.165, 1.54) is 12.3 Å². The number of hydrogen-bond acceptors (Lipinski definition) is 8. The number of rotatable bonds is 5. The third-order valence-corrected chi connectivity index (χ3v) is 7.44. The lowest BCUT2D eigenvalue weighted by Gasteiger charge is -2.50. The lowest BCUT2D eigenvalue weighted by molar-refractivity contribution is -0.141. The second kappa shape index (κ2) is 9.66. The Morgan fingerprint density at radius 1 is 1.25 bits per heavy atom. The Bertz CT molecular complexity index is 1380.